The highest BCUT2D eigenvalue weighted by molar-refractivity contribution is 9.10. The topological polar surface area (TPSA) is 71.3 Å². The molecule has 1 aromatic carbocycles. The van der Waals surface area contributed by atoms with E-state index in [2.05, 4.69) is 21.2 Å². The molecule has 1 heterocycles. The highest BCUT2D eigenvalue weighted by atomic mass is 79.9. The van der Waals surface area contributed by atoms with Gasteiger partial charge in [0, 0.05) is 17.2 Å². The van der Waals surface area contributed by atoms with Crippen LogP contribution in [0.15, 0.2) is 47.1 Å². The third kappa shape index (κ3) is 4.01. The molecule has 0 fully saturated rings. The van der Waals surface area contributed by atoms with E-state index in [-0.39, 0.29) is 5.91 Å². The lowest BCUT2D eigenvalue weighted by atomic mass is 9.94. The van der Waals surface area contributed by atoms with Gasteiger partial charge in [-0.2, -0.15) is 0 Å². The Morgan fingerprint density at radius 3 is 2.52 bits per heavy atom. The predicted octanol–water partition coefficient (Wildman–Crippen LogP) is 3.46. The highest BCUT2D eigenvalue weighted by Crippen LogP contribution is 2.23. The first-order valence-corrected chi connectivity index (χ1v) is 8.17. The van der Waals surface area contributed by atoms with E-state index in [1.807, 2.05) is 48.0 Å². The number of nitrogens with zero attached hydrogens (tertiary/aromatic N) is 1. The van der Waals surface area contributed by atoms with E-state index < -0.39 is 17.9 Å². The first kappa shape index (κ1) is 17.3. The predicted molar refractivity (Wildman–Crippen MR) is 91.3 cm³/mol. The van der Waals surface area contributed by atoms with Crippen LogP contribution >= 0.6 is 15.9 Å². The number of benzene rings is 1. The second kappa shape index (κ2) is 7.46. The molecule has 0 aliphatic heterocycles. The fraction of sp³-hybridized carbons (Fsp3) is 0.294. The molecule has 2 rings (SSSR count). The fourth-order valence-corrected chi connectivity index (χ4v) is 2.91. The van der Waals surface area contributed by atoms with Crippen LogP contribution in [0.4, 0.5) is 0 Å². The average Bonchev–Trinajstić information content (AvgIpc) is 2.93. The molecular weight excluding hydrogens is 360 g/mol. The van der Waals surface area contributed by atoms with Crippen LogP contribution in [0.25, 0.3) is 0 Å². The highest BCUT2D eigenvalue weighted by Gasteiger charge is 2.27. The van der Waals surface area contributed by atoms with Crippen LogP contribution < -0.4 is 5.32 Å². The molecule has 5 nitrogen and oxygen atoms in total. The Labute approximate surface area is 143 Å². The number of hydrogen-bond acceptors (Lipinski definition) is 2. The normalized spacial score (nSPS) is 13.3. The van der Waals surface area contributed by atoms with E-state index in [4.69, 9.17) is 0 Å². The molecule has 0 spiro atoms. The molecule has 122 valence electrons. The van der Waals surface area contributed by atoms with Gasteiger partial charge in [0.2, 0.25) is 0 Å². The number of halogens is 1. The van der Waals surface area contributed by atoms with Crippen molar-refractivity contribution < 1.29 is 14.7 Å². The fourth-order valence-electron chi connectivity index (χ4n) is 2.44. The molecule has 23 heavy (non-hydrogen) atoms. The van der Waals surface area contributed by atoms with Gasteiger partial charge in [-0.1, -0.05) is 30.3 Å². The number of carbonyl (C=O) groups is 2. The third-order valence-corrected chi connectivity index (χ3v) is 4.21. The second-order valence-corrected chi connectivity index (χ2v) is 6.23. The lowest BCUT2D eigenvalue weighted by Gasteiger charge is -2.23. The molecule has 0 bridgehead atoms. The van der Waals surface area contributed by atoms with E-state index in [1.54, 1.807) is 13.0 Å². The summed E-state index contributed by atoms with van der Waals surface area (Å²) in [6.45, 7) is 4.19. The largest absolute Gasteiger partial charge is 0.481 e. The maximum atomic E-state index is 12.6. The molecule has 2 atom stereocenters. The minimum Gasteiger partial charge on any atom is -0.481 e. The van der Waals surface area contributed by atoms with Crippen LogP contribution in [0.2, 0.25) is 0 Å². The molecule has 2 aromatic rings. The summed E-state index contributed by atoms with van der Waals surface area (Å²) >= 11 is 3.36. The molecule has 0 saturated heterocycles. The molecule has 2 N–H and O–H groups in total. The van der Waals surface area contributed by atoms with Gasteiger partial charge in [-0.3, -0.25) is 9.59 Å². The maximum absolute atomic E-state index is 12.6. The quantitative estimate of drug-likeness (QED) is 0.808. The minimum atomic E-state index is -0.953. The van der Waals surface area contributed by atoms with E-state index >= 15 is 0 Å². The summed E-state index contributed by atoms with van der Waals surface area (Å²) in [4.78, 5) is 24.0. The Morgan fingerprint density at radius 1 is 1.30 bits per heavy atom. The van der Waals surface area contributed by atoms with Gasteiger partial charge in [-0.15, -0.1) is 0 Å². The Morgan fingerprint density at radius 2 is 1.96 bits per heavy atom. The van der Waals surface area contributed by atoms with E-state index in [0.29, 0.717) is 12.2 Å². The summed E-state index contributed by atoms with van der Waals surface area (Å²) < 4.78 is 2.62. The zero-order valence-corrected chi connectivity index (χ0v) is 14.6. The van der Waals surface area contributed by atoms with E-state index in [9.17, 15) is 14.7 Å². The molecule has 1 aromatic heterocycles. The first-order chi connectivity index (χ1) is 10.9. The number of rotatable bonds is 6. The van der Waals surface area contributed by atoms with Crippen molar-refractivity contribution in [2.24, 2.45) is 5.92 Å². The number of hydrogen-bond donors (Lipinski definition) is 2. The van der Waals surface area contributed by atoms with Crippen LogP contribution in [0.1, 0.15) is 35.9 Å². The Balaban J connectivity index is 2.30. The molecule has 2 unspecified atom stereocenters. The zero-order chi connectivity index (χ0) is 17.0. The molecule has 1 amide bonds. The van der Waals surface area contributed by atoms with Crippen molar-refractivity contribution in [3.05, 3.63) is 58.3 Å². The van der Waals surface area contributed by atoms with Gasteiger partial charge in [0.15, 0.2) is 0 Å². The zero-order valence-electron chi connectivity index (χ0n) is 13.0. The number of carboxylic acids is 1. The number of aliphatic carboxylic acids is 1. The standard InChI is InChI=1S/C17H19BrN2O3/c1-3-20-10-13(18)9-14(20)16(21)19-15(11(2)17(22)23)12-7-5-4-6-8-12/h4-11,15H,3H2,1-2H3,(H,19,21)(H,22,23). The van der Waals surface area contributed by atoms with Crippen molar-refractivity contribution >= 4 is 27.8 Å². The molecule has 0 saturated carbocycles. The lowest BCUT2D eigenvalue weighted by molar-refractivity contribution is -0.142. The number of aromatic nitrogens is 1. The minimum absolute atomic E-state index is 0.292. The van der Waals surface area contributed by atoms with Crippen molar-refractivity contribution in [1.82, 2.24) is 9.88 Å². The van der Waals surface area contributed by atoms with Gasteiger partial charge in [0.1, 0.15) is 5.69 Å². The van der Waals surface area contributed by atoms with Gasteiger partial charge in [-0.05, 0) is 41.4 Å². The summed E-state index contributed by atoms with van der Waals surface area (Å²) in [6, 6.07) is 10.3. The van der Waals surface area contributed by atoms with Crippen LogP contribution in [0.3, 0.4) is 0 Å². The molecule has 0 aliphatic rings. The number of carboxylic acid groups (broad SMARTS) is 1. The van der Waals surface area contributed by atoms with Crippen molar-refractivity contribution in [3.8, 4) is 0 Å². The van der Waals surface area contributed by atoms with Crippen molar-refractivity contribution in [1.29, 1.82) is 0 Å². The summed E-state index contributed by atoms with van der Waals surface area (Å²) in [6.07, 6.45) is 1.83. The summed E-state index contributed by atoms with van der Waals surface area (Å²) in [7, 11) is 0. The van der Waals surface area contributed by atoms with Crippen LogP contribution in [0.5, 0.6) is 0 Å². The first-order valence-electron chi connectivity index (χ1n) is 7.38. The van der Waals surface area contributed by atoms with Gasteiger partial charge in [-0.25, -0.2) is 0 Å². The average molecular weight is 379 g/mol. The van der Waals surface area contributed by atoms with Crippen LogP contribution in [0, 0.1) is 5.92 Å². The SMILES string of the molecule is CCn1cc(Br)cc1C(=O)NC(c1ccccc1)C(C)C(=O)O. The number of aryl methyl sites for hydroxylation is 1. The van der Waals surface area contributed by atoms with Crippen molar-refractivity contribution in [2.75, 3.05) is 0 Å². The van der Waals surface area contributed by atoms with E-state index in [0.717, 1.165) is 10.0 Å². The van der Waals surface area contributed by atoms with Crippen molar-refractivity contribution in [2.45, 2.75) is 26.4 Å². The number of amides is 1. The van der Waals surface area contributed by atoms with Gasteiger partial charge in [0.25, 0.3) is 5.91 Å². The van der Waals surface area contributed by atoms with Gasteiger partial charge in [0.05, 0.1) is 12.0 Å². The second-order valence-electron chi connectivity index (χ2n) is 5.32. The maximum Gasteiger partial charge on any atom is 0.308 e. The number of nitrogens with one attached hydrogen (secondary N) is 1. The summed E-state index contributed by atoms with van der Waals surface area (Å²) in [5.74, 6) is -1.99. The molecular formula is C17H19BrN2O3. The molecule has 6 heteroatoms. The third-order valence-electron chi connectivity index (χ3n) is 3.77. The van der Waals surface area contributed by atoms with Gasteiger partial charge >= 0.3 is 5.97 Å². The Bertz CT molecular complexity index is 697. The van der Waals surface area contributed by atoms with E-state index in [1.165, 1.54) is 0 Å². The van der Waals surface area contributed by atoms with Crippen LogP contribution in [-0.2, 0) is 11.3 Å². The lowest BCUT2D eigenvalue weighted by Crippen LogP contribution is -2.36. The Kier molecular flexibility index (Phi) is 5.60. The van der Waals surface area contributed by atoms with Crippen LogP contribution in [-0.4, -0.2) is 21.6 Å². The van der Waals surface area contributed by atoms with Gasteiger partial charge < -0.3 is 15.0 Å². The molecule has 0 radical (unpaired) electrons. The molecule has 0 aliphatic carbocycles. The number of carbonyl (C=O) groups excluding carboxylic acids is 1. The monoisotopic (exact) mass is 378 g/mol. The van der Waals surface area contributed by atoms with Crippen molar-refractivity contribution in [3.63, 3.8) is 0 Å². The smallest absolute Gasteiger partial charge is 0.308 e. The summed E-state index contributed by atoms with van der Waals surface area (Å²) in [5, 5.41) is 12.2. The Hall–Kier alpha value is -2.08. The summed E-state index contributed by atoms with van der Waals surface area (Å²) in [5.41, 5.74) is 1.27.